The molecule has 0 spiro atoms. The van der Waals surface area contributed by atoms with Crippen molar-refractivity contribution in [3.63, 3.8) is 0 Å². The van der Waals surface area contributed by atoms with E-state index in [-0.39, 0.29) is 29.5 Å². The van der Waals surface area contributed by atoms with Gasteiger partial charge in [0.05, 0.1) is 34.2 Å². The van der Waals surface area contributed by atoms with E-state index in [1.165, 1.54) is 16.7 Å². The second-order valence-electron chi connectivity index (χ2n) is 8.68. The normalized spacial score (nSPS) is 11.9. The fourth-order valence-electron chi connectivity index (χ4n) is 3.68. The molecule has 0 unspecified atom stereocenters. The molecule has 2 aromatic carbocycles. The molecule has 0 aliphatic rings. The van der Waals surface area contributed by atoms with E-state index in [1.807, 2.05) is 38.1 Å². The third-order valence-corrected chi connectivity index (χ3v) is 5.51. The Balaban J connectivity index is 0.00000272. The van der Waals surface area contributed by atoms with Crippen LogP contribution in [0.2, 0.25) is 0 Å². The Morgan fingerprint density at radius 1 is 0.697 bits per heavy atom. The summed E-state index contributed by atoms with van der Waals surface area (Å²) in [5.41, 5.74) is 9.32. The molecule has 3 nitrogen and oxygen atoms in total. The molecule has 0 aliphatic carbocycles. The van der Waals surface area contributed by atoms with Gasteiger partial charge in [-0.25, -0.2) is 4.98 Å². The molecule has 1 aromatic heterocycles. The average Bonchev–Trinajstić information content (AvgIpc) is 2.75. The van der Waals surface area contributed by atoms with Gasteiger partial charge in [0.15, 0.2) is 0 Å². The molecule has 0 saturated carbocycles. The molecular formula is C28H34ClFeN3. The zero-order valence-electron chi connectivity index (χ0n) is 20.5. The van der Waals surface area contributed by atoms with Crippen LogP contribution in [0.1, 0.15) is 81.5 Å². The van der Waals surface area contributed by atoms with E-state index in [2.05, 4.69) is 71.0 Å². The van der Waals surface area contributed by atoms with Crippen molar-refractivity contribution in [1.29, 1.82) is 0 Å². The van der Waals surface area contributed by atoms with Crippen molar-refractivity contribution in [1.82, 2.24) is 4.98 Å². The van der Waals surface area contributed by atoms with Crippen molar-refractivity contribution in [3.05, 3.63) is 88.7 Å². The van der Waals surface area contributed by atoms with Crippen molar-refractivity contribution >= 4 is 35.2 Å². The molecule has 0 amide bonds. The van der Waals surface area contributed by atoms with Crippen LogP contribution in [-0.2, 0) is 17.1 Å². The van der Waals surface area contributed by atoms with Crippen LogP contribution in [-0.4, -0.2) is 16.4 Å². The Hall–Kier alpha value is -2.26. The van der Waals surface area contributed by atoms with E-state index in [0.29, 0.717) is 11.8 Å². The molecule has 0 fully saturated rings. The maximum Gasteiger partial charge on any atom is 0.0849 e. The van der Waals surface area contributed by atoms with Gasteiger partial charge in [0.25, 0.3) is 0 Å². The van der Waals surface area contributed by atoms with Gasteiger partial charge in [-0.2, -0.15) is 0 Å². The van der Waals surface area contributed by atoms with Crippen LogP contribution in [0.15, 0.2) is 70.6 Å². The number of para-hydroxylation sites is 2. The summed E-state index contributed by atoms with van der Waals surface area (Å²) in [4.78, 5) is 14.8. The molecular weight excluding hydrogens is 470 g/mol. The maximum absolute atomic E-state index is 4.99. The maximum atomic E-state index is 4.99. The van der Waals surface area contributed by atoms with Crippen LogP contribution in [0.3, 0.4) is 0 Å². The summed E-state index contributed by atoms with van der Waals surface area (Å²) in [6.07, 6.45) is 0. The van der Waals surface area contributed by atoms with Crippen LogP contribution in [0.5, 0.6) is 0 Å². The number of aryl methyl sites for hydroxylation is 1. The summed E-state index contributed by atoms with van der Waals surface area (Å²) < 4.78 is 0. The van der Waals surface area contributed by atoms with Gasteiger partial charge >= 0.3 is 0 Å². The van der Waals surface area contributed by atoms with Gasteiger partial charge in [-0.05, 0) is 67.5 Å². The van der Waals surface area contributed by atoms with E-state index in [0.717, 1.165) is 34.2 Å². The monoisotopic (exact) mass is 503 g/mol. The van der Waals surface area contributed by atoms with Crippen LogP contribution < -0.4 is 0 Å². The first-order valence-corrected chi connectivity index (χ1v) is 11.0. The van der Waals surface area contributed by atoms with E-state index >= 15 is 0 Å². The molecule has 0 bridgehead atoms. The largest absolute Gasteiger partial charge is 0.251 e. The Labute approximate surface area is 215 Å². The summed E-state index contributed by atoms with van der Waals surface area (Å²) in [5, 5.41) is 0. The molecule has 0 N–H and O–H groups in total. The number of aromatic nitrogens is 1. The Kier molecular flexibility index (Phi) is 11.2. The summed E-state index contributed by atoms with van der Waals surface area (Å²) in [7, 11) is 0. The number of nitrogens with zero attached hydrogens (tertiary/aromatic N) is 3. The SMILES string of the molecule is CC(=Nc1ccccc1C(C)C)c1cccc(C(C)=Nc2c(C)cccc2C(C)C)n1.Cl.[Fe]. The number of aliphatic imine (C=N–C) groups is 2. The molecule has 0 radical (unpaired) electrons. The topological polar surface area (TPSA) is 37.6 Å². The van der Waals surface area contributed by atoms with Gasteiger partial charge in [0.1, 0.15) is 0 Å². The number of hydrogen-bond donors (Lipinski definition) is 0. The fraction of sp³-hybridized carbons (Fsp3) is 0.321. The summed E-state index contributed by atoms with van der Waals surface area (Å²) >= 11 is 0. The van der Waals surface area contributed by atoms with Crippen molar-refractivity contribution in [2.24, 2.45) is 9.98 Å². The molecule has 0 atom stereocenters. The second kappa shape index (κ2) is 12.8. The van der Waals surface area contributed by atoms with Crippen molar-refractivity contribution in [2.45, 2.75) is 60.3 Å². The fourth-order valence-corrected chi connectivity index (χ4v) is 3.68. The van der Waals surface area contributed by atoms with Gasteiger partial charge in [-0.15, -0.1) is 12.4 Å². The van der Waals surface area contributed by atoms with Crippen molar-refractivity contribution in [2.75, 3.05) is 0 Å². The molecule has 0 aliphatic heterocycles. The van der Waals surface area contributed by atoms with E-state index in [9.17, 15) is 0 Å². The summed E-state index contributed by atoms with van der Waals surface area (Å²) in [5.74, 6) is 0.840. The van der Waals surface area contributed by atoms with Crippen LogP contribution in [0.25, 0.3) is 0 Å². The van der Waals surface area contributed by atoms with Gasteiger partial charge in [-0.3, -0.25) is 9.98 Å². The van der Waals surface area contributed by atoms with Gasteiger partial charge < -0.3 is 0 Å². The first-order chi connectivity index (χ1) is 14.8. The zero-order valence-corrected chi connectivity index (χ0v) is 22.5. The zero-order chi connectivity index (χ0) is 22.5. The Morgan fingerprint density at radius 2 is 1.21 bits per heavy atom. The molecule has 5 heteroatoms. The first-order valence-electron chi connectivity index (χ1n) is 11.0. The van der Waals surface area contributed by atoms with Crippen LogP contribution in [0.4, 0.5) is 11.4 Å². The quantitative estimate of drug-likeness (QED) is 0.246. The standard InChI is InChI=1S/C28H33N3.ClH.Fe/c1-18(2)23-13-8-9-15-27(23)29-21(6)25-16-11-17-26(31-25)22(7)30-28-20(5)12-10-14-24(28)19(3)4;;/h8-19H,1-7H3;1H;. The third-order valence-electron chi connectivity index (χ3n) is 5.51. The van der Waals surface area contributed by atoms with Crippen LogP contribution in [0, 0.1) is 6.92 Å². The molecule has 33 heavy (non-hydrogen) atoms. The molecule has 3 aromatic rings. The molecule has 1 heterocycles. The van der Waals surface area contributed by atoms with E-state index in [1.54, 1.807) is 0 Å². The van der Waals surface area contributed by atoms with E-state index in [4.69, 9.17) is 15.0 Å². The Morgan fingerprint density at radius 3 is 1.82 bits per heavy atom. The smallest absolute Gasteiger partial charge is 0.0849 e. The number of benzene rings is 2. The van der Waals surface area contributed by atoms with Gasteiger partial charge in [0, 0.05) is 17.1 Å². The predicted octanol–water partition coefficient (Wildman–Crippen LogP) is 8.34. The minimum absolute atomic E-state index is 0. The van der Waals surface area contributed by atoms with Crippen molar-refractivity contribution in [3.8, 4) is 0 Å². The molecule has 3 rings (SSSR count). The molecule has 176 valence electrons. The average molecular weight is 504 g/mol. The predicted molar refractivity (Wildman–Crippen MR) is 141 cm³/mol. The summed E-state index contributed by atoms with van der Waals surface area (Å²) in [6.45, 7) is 15.0. The van der Waals surface area contributed by atoms with Crippen molar-refractivity contribution < 1.29 is 17.1 Å². The van der Waals surface area contributed by atoms with Gasteiger partial charge in [0.2, 0.25) is 0 Å². The first kappa shape index (κ1) is 28.8. The summed E-state index contributed by atoms with van der Waals surface area (Å²) in [6, 6.07) is 20.8. The number of hydrogen-bond acceptors (Lipinski definition) is 3. The van der Waals surface area contributed by atoms with Gasteiger partial charge in [-0.1, -0.05) is 70.2 Å². The third kappa shape index (κ3) is 7.11. The number of pyridine rings is 1. The second-order valence-corrected chi connectivity index (χ2v) is 8.68. The minimum atomic E-state index is 0. The molecule has 0 saturated heterocycles. The minimum Gasteiger partial charge on any atom is -0.251 e. The number of halogens is 1. The Bertz CT molecular complexity index is 1130. The number of rotatable bonds is 6. The van der Waals surface area contributed by atoms with Crippen LogP contribution >= 0.6 is 12.4 Å². The van der Waals surface area contributed by atoms with E-state index < -0.39 is 0 Å².